The van der Waals surface area contributed by atoms with Crippen molar-refractivity contribution in [3.8, 4) is 5.69 Å². The van der Waals surface area contributed by atoms with Crippen molar-refractivity contribution < 1.29 is 8.78 Å². The molecule has 0 N–H and O–H groups in total. The van der Waals surface area contributed by atoms with E-state index >= 15 is 0 Å². The van der Waals surface area contributed by atoms with Crippen molar-refractivity contribution in [1.82, 2.24) is 14.5 Å². The van der Waals surface area contributed by atoms with Crippen LogP contribution in [0.3, 0.4) is 0 Å². The Balaban J connectivity index is 2.36. The van der Waals surface area contributed by atoms with Gasteiger partial charge in [-0.25, -0.2) is 18.7 Å². The average Bonchev–Trinajstić information content (AvgIpc) is 2.77. The summed E-state index contributed by atoms with van der Waals surface area (Å²) in [6.07, 6.45) is 1.98. The molecule has 3 aromatic rings. The lowest BCUT2D eigenvalue weighted by atomic mass is 10.2. The van der Waals surface area contributed by atoms with E-state index in [2.05, 4.69) is 9.97 Å². The quantitative estimate of drug-likeness (QED) is 0.677. The fourth-order valence-corrected chi connectivity index (χ4v) is 2.64. The Bertz CT molecular complexity index is 794. The van der Waals surface area contributed by atoms with Gasteiger partial charge in [-0.1, -0.05) is 11.6 Å². The van der Waals surface area contributed by atoms with Crippen molar-refractivity contribution in [2.24, 2.45) is 0 Å². The molecule has 3 nitrogen and oxygen atoms in total. The number of halogens is 4. The van der Waals surface area contributed by atoms with Crippen molar-refractivity contribution in [3.63, 3.8) is 0 Å². The molecule has 0 spiro atoms. The van der Waals surface area contributed by atoms with Crippen LogP contribution in [0, 0.1) is 11.6 Å². The third-order valence-electron chi connectivity index (χ3n) is 3.01. The highest BCUT2D eigenvalue weighted by Crippen LogP contribution is 2.29. The molecule has 0 aliphatic rings. The van der Waals surface area contributed by atoms with Gasteiger partial charge in [-0.2, -0.15) is 0 Å². The second-order valence-electron chi connectivity index (χ2n) is 4.37. The molecule has 0 atom stereocenters. The van der Waals surface area contributed by atoms with Crippen LogP contribution in [0.25, 0.3) is 16.9 Å². The molecule has 0 aliphatic carbocycles. The van der Waals surface area contributed by atoms with Crippen LogP contribution in [0.5, 0.6) is 0 Å². The van der Waals surface area contributed by atoms with Gasteiger partial charge < -0.3 is 0 Å². The van der Waals surface area contributed by atoms with Crippen molar-refractivity contribution in [2.75, 3.05) is 5.88 Å². The zero-order valence-corrected chi connectivity index (χ0v) is 12.2. The van der Waals surface area contributed by atoms with Crippen LogP contribution >= 0.6 is 23.2 Å². The Morgan fingerprint density at radius 2 is 2.05 bits per heavy atom. The van der Waals surface area contributed by atoms with E-state index in [1.54, 1.807) is 18.3 Å². The molecule has 0 saturated carbocycles. The molecule has 0 saturated heterocycles. The number of rotatable bonds is 3. The van der Waals surface area contributed by atoms with E-state index in [-0.39, 0.29) is 10.7 Å². The van der Waals surface area contributed by atoms with E-state index in [1.165, 1.54) is 4.57 Å². The fourth-order valence-electron chi connectivity index (χ4n) is 2.19. The molecule has 0 aliphatic heterocycles. The Morgan fingerprint density at radius 1 is 1.24 bits per heavy atom. The van der Waals surface area contributed by atoms with Gasteiger partial charge in [0.1, 0.15) is 22.8 Å². The van der Waals surface area contributed by atoms with E-state index in [4.69, 9.17) is 23.2 Å². The highest BCUT2D eigenvalue weighted by atomic mass is 35.5. The first-order valence-electron chi connectivity index (χ1n) is 6.15. The van der Waals surface area contributed by atoms with Crippen molar-refractivity contribution >= 4 is 34.4 Å². The van der Waals surface area contributed by atoms with E-state index in [0.29, 0.717) is 29.3 Å². The van der Waals surface area contributed by atoms with Crippen LogP contribution in [0.15, 0.2) is 30.5 Å². The fraction of sp³-hybridized carbons (Fsp3) is 0.143. The first kappa shape index (κ1) is 14.2. The lowest BCUT2D eigenvalue weighted by molar-refractivity contribution is 0.577. The summed E-state index contributed by atoms with van der Waals surface area (Å²) >= 11 is 11.8. The summed E-state index contributed by atoms with van der Waals surface area (Å²) in [4.78, 5) is 8.58. The maximum absolute atomic E-state index is 14.2. The molecule has 3 rings (SSSR count). The number of hydrogen-bond acceptors (Lipinski definition) is 2. The maximum atomic E-state index is 14.2. The van der Waals surface area contributed by atoms with Crippen LogP contribution in [0.4, 0.5) is 8.78 Å². The number of alkyl halides is 1. The minimum Gasteiger partial charge on any atom is -0.276 e. The van der Waals surface area contributed by atoms with E-state index in [1.807, 2.05) is 0 Å². The topological polar surface area (TPSA) is 30.7 Å². The van der Waals surface area contributed by atoms with Gasteiger partial charge in [0.2, 0.25) is 0 Å². The zero-order chi connectivity index (χ0) is 15.0. The minimum absolute atomic E-state index is 0.0272. The summed E-state index contributed by atoms with van der Waals surface area (Å²) < 4.78 is 28.9. The van der Waals surface area contributed by atoms with Crippen LogP contribution in [0.2, 0.25) is 5.02 Å². The Morgan fingerprint density at radius 3 is 2.76 bits per heavy atom. The average molecular weight is 328 g/mol. The molecular weight excluding hydrogens is 319 g/mol. The van der Waals surface area contributed by atoms with E-state index in [9.17, 15) is 8.78 Å². The molecule has 7 heteroatoms. The lowest BCUT2D eigenvalue weighted by Crippen LogP contribution is -2.06. The SMILES string of the molecule is Fc1cc(F)c(-n2c(CCCl)nc3cccnc32)c(Cl)c1. The van der Waals surface area contributed by atoms with Crippen LogP contribution in [0.1, 0.15) is 5.82 Å². The summed E-state index contributed by atoms with van der Waals surface area (Å²) in [5.41, 5.74) is 1.07. The van der Waals surface area contributed by atoms with Gasteiger partial charge in [-0.05, 0) is 18.2 Å². The number of fused-ring (bicyclic) bond motifs is 1. The number of aryl methyl sites for hydroxylation is 1. The van der Waals surface area contributed by atoms with Crippen LogP contribution in [-0.4, -0.2) is 20.4 Å². The molecule has 0 unspecified atom stereocenters. The summed E-state index contributed by atoms with van der Waals surface area (Å²) in [5.74, 6) is -0.687. The third-order valence-corrected chi connectivity index (χ3v) is 3.49. The lowest BCUT2D eigenvalue weighted by Gasteiger charge is -2.11. The zero-order valence-electron chi connectivity index (χ0n) is 10.7. The maximum Gasteiger partial charge on any atom is 0.164 e. The van der Waals surface area contributed by atoms with Crippen molar-refractivity contribution in [1.29, 1.82) is 0 Å². The van der Waals surface area contributed by atoms with Crippen LogP contribution in [-0.2, 0) is 6.42 Å². The molecular formula is C14H9Cl2F2N3. The third kappa shape index (κ3) is 2.47. The molecule has 0 fully saturated rings. The number of hydrogen-bond donors (Lipinski definition) is 0. The number of benzene rings is 1. The molecule has 2 aromatic heterocycles. The number of nitrogens with zero attached hydrogens (tertiary/aromatic N) is 3. The highest BCUT2D eigenvalue weighted by Gasteiger charge is 2.19. The monoisotopic (exact) mass is 327 g/mol. The molecule has 0 radical (unpaired) electrons. The first-order chi connectivity index (χ1) is 10.1. The normalized spacial score (nSPS) is 11.2. The summed E-state index contributed by atoms with van der Waals surface area (Å²) in [6, 6.07) is 5.32. The van der Waals surface area contributed by atoms with Crippen molar-refractivity contribution in [3.05, 3.63) is 52.9 Å². The standard InChI is InChI=1S/C14H9Cl2F2N3/c15-4-3-12-20-11-2-1-5-19-14(11)21(12)13-9(16)6-8(17)7-10(13)18/h1-2,5-7H,3-4H2. The largest absolute Gasteiger partial charge is 0.276 e. The molecule has 0 amide bonds. The number of imidazole rings is 1. The van der Waals surface area contributed by atoms with E-state index < -0.39 is 11.6 Å². The van der Waals surface area contributed by atoms with Crippen LogP contribution < -0.4 is 0 Å². The minimum atomic E-state index is -0.777. The Labute approximate surface area is 129 Å². The molecule has 2 heterocycles. The Hall–Kier alpha value is -1.72. The predicted molar refractivity (Wildman–Crippen MR) is 78.2 cm³/mol. The predicted octanol–water partition coefficient (Wildman–Crippen LogP) is 4.13. The molecule has 1 aromatic carbocycles. The second kappa shape index (κ2) is 5.58. The van der Waals surface area contributed by atoms with Crippen molar-refractivity contribution in [2.45, 2.75) is 6.42 Å². The van der Waals surface area contributed by atoms with Gasteiger partial charge >= 0.3 is 0 Å². The smallest absolute Gasteiger partial charge is 0.164 e. The summed E-state index contributed by atoms with van der Waals surface area (Å²) in [7, 11) is 0. The van der Waals surface area contributed by atoms with Gasteiger partial charge in [0.05, 0.1) is 5.02 Å². The van der Waals surface area contributed by atoms with Gasteiger partial charge in [0.25, 0.3) is 0 Å². The first-order valence-corrected chi connectivity index (χ1v) is 7.06. The second-order valence-corrected chi connectivity index (χ2v) is 5.15. The summed E-state index contributed by atoms with van der Waals surface area (Å²) in [5, 5.41) is -0.0479. The van der Waals surface area contributed by atoms with Gasteiger partial charge in [-0.3, -0.25) is 4.57 Å². The highest BCUT2D eigenvalue weighted by molar-refractivity contribution is 6.32. The molecule has 21 heavy (non-hydrogen) atoms. The molecule has 0 bridgehead atoms. The molecule has 108 valence electrons. The number of aromatic nitrogens is 3. The van der Waals surface area contributed by atoms with E-state index in [0.717, 1.165) is 12.1 Å². The van der Waals surface area contributed by atoms with Gasteiger partial charge in [-0.15, -0.1) is 11.6 Å². The Kier molecular flexibility index (Phi) is 3.78. The number of pyridine rings is 1. The summed E-state index contributed by atoms with van der Waals surface area (Å²) in [6.45, 7) is 0. The van der Waals surface area contributed by atoms with Gasteiger partial charge in [0.15, 0.2) is 11.5 Å². The van der Waals surface area contributed by atoms with Gasteiger partial charge in [0, 0.05) is 24.6 Å².